The number of aromatic nitrogens is 5. The number of nitrogen functional groups attached to an aromatic ring is 1. The number of hydrogen-bond donors (Lipinski definition) is 2. The van der Waals surface area contributed by atoms with E-state index in [4.69, 9.17) is 5.73 Å². The lowest BCUT2D eigenvalue weighted by Gasteiger charge is -2.03. The van der Waals surface area contributed by atoms with Crippen LogP contribution in [0.25, 0.3) is 17.2 Å². The van der Waals surface area contributed by atoms with Crippen LogP contribution in [0, 0.1) is 0 Å². The maximum absolute atomic E-state index is 5.66. The summed E-state index contributed by atoms with van der Waals surface area (Å²) in [5.41, 5.74) is 6.58. The van der Waals surface area contributed by atoms with Crippen LogP contribution in [0.2, 0.25) is 0 Å². The Bertz CT molecular complexity index is 705. The Labute approximate surface area is 109 Å². The van der Waals surface area contributed by atoms with E-state index in [-0.39, 0.29) is 5.95 Å². The van der Waals surface area contributed by atoms with Gasteiger partial charge in [-0.3, -0.25) is 0 Å². The van der Waals surface area contributed by atoms with Gasteiger partial charge in [0.15, 0.2) is 5.82 Å². The van der Waals surface area contributed by atoms with Gasteiger partial charge in [-0.15, -0.1) is 5.10 Å². The quantitative estimate of drug-likeness (QED) is 0.730. The van der Waals surface area contributed by atoms with E-state index in [1.807, 2.05) is 37.3 Å². The van der Waals surface area contributed by atoms with Crippen molar-refractivity contribution in [1.82, 2.24) is 24.6 Å². The second-order valence-corrected chi connectivity index (χ2v) is 3.95. The number of anilines is 2. The molecule has 1 aromatic carbocycles. The van der Waals surface area contributed by atoms with Gasteiger partial charge in [-0.25, -0.2) is 0 Å². The molecule has 19 heavy (non-hydrogen) atoms. The fourth-order valence-corrected chi connectivity index (χ4v) is 1.78. The summed E-state index contributed by atoms with van der Waals surface area (Å²) in [5, 5.41) is 7.49. The van der Waals surface area contributed by atoms with Gasteiger partial charge in [0.1, 0.15) is 0 Å². The van der Waals surface area contributed by atoms with Crippen molar-refractivity contribution in [2.75, 3.05) is 17.6 Å². The minimum atomic E-state index is 0.176. The van der Waals surface area contributed by atoms with E-state index in [1.165, 1.54) is 0 Å². The summed E-state index contributed by atoms with van der Waals surface area (Å²) in [6.07, 6.45) is 0. The van der Waals surface area contributed by atoms with Crippen LogP contribution in [-0.4, -0.2) is 31.1 Å². The van der Waals surface area contributed by atoms with Crippen molar-refractivity contribution in [3.05, 3.63) is 30.3 Å². The molecule has 0 spiro atoms. The molecule has 3 rings (SSSR count). The Kier molecular flexibility index (Phi) is 2.71. The largest absolute Gasteiger partial charge is 0.368 e. The third-order valence-corrected chi connectivity index (χ3v) is 2.59. The zero-order chi connectivity index (χ0) is 13.2. The third kappa shape index (κ3) is 2.05. The van der Waals surface area contributed by atoms with E-state index in [0.717, 1.165) is 5.56 Å². The first-order chi connectivity index (χ1) is 9.28. The van der Waals surface area contributed by atoms with Crippen LogP contribution in [0.3, 0.4) is 0 Å². The summed E-state index contributed by atoms with van der Waals surface area (Å²) in [6, 6.07) is 9.71. The van der Waals surface area contributed by atoms with Gasteiger partial charge in [-0.05, 0) is 6.92 Å². The summed E-state index contributed by atoms with van der Waals surface area (Å²) in [5.74, 6) is 1.75. The Morgan fingerprint density at radius 1 is 1.16 bits per heavy atom. The highest BCUT2D eigenvalue weighted by atomic mass is 15.4. The van der Waals surface area contributed by atoms with Crippen LogP contribution in [0.4, 0.5) is 11.9 Å². The Hall–Kier alpha value is -2.70. The summed E-state index contributed by atoms with van der Waals surface area (Å²) in [6.45, 7) is 2.69. The molecular formula is C12H13N7. The van der Waals surface area contributed by atoms with Gasteiger partial charge in [0.05, 0.1) is 0 Å². The summed E-state index contributed by atoms with van der Waals surface area (Å²) in [4.78, 5) is 12.6. The van der Waals surface area contributed by atoms with Crippen LogP contribution in [0.15, 0.2) is 30.3 Å². The Morgan fingerprint density at radius 2 is 1.95 bits per heavy atom. The topological polar surface area (TPSA) is 94.0 Å². The molecule has 0 aliphatic heterocycles. The lowest BCUT2D eigenvalue weighted by Crippen LogP contribution is -2.10. The molecule has 0 saturated carbocycles. The van der Waals surface area contributed by atoms with Gasteiger partial charge >= 0.3 is 0 Å². The molecule has 7 nitrogen and oxygen atoms in total. The van der Waals surface area contributed by atoms with Crippen LogP contribution in [0.1, 0.15) is 6.92 Å². The number of nitrogens with two attached hydrogens (primary N) is 1. The lowest BCUT2D eigenvalue weighted by atomic mass is 10.2. The first-order valence-electron chi connectivity index (χ1n) is 5.97. The van der Waals surface area contributed by atoms with E-state index in [1.54, 1.807) is 4.52 Å². The van der Waals surface area contributed by atoms with Gasteiger partial charge in [-0.1, -0.05) is 30.3 Å². The molecule has 0 aliphatic carbocycles. The van der Waals surface area contributed by atoms with Gasteiger partial charge in [0, 0.05) is 12.1 Å². The van der Waals surface area contributed by atoms with Gasteiger partial charge in [-0.2, -0.15) is 19.5 Å². The van der Waals surface area contributed by atoms with Gasteiger partial charge in [0.2, 0.25) is 11.9 Å². The molecule has 2 aromatic heterocycles. The average Bonchev–Trinajstić information content (AvgIpc) is 2.84. The number of rotatable bonds is 3. The predicted octanol–water partition coefficient (Wildman–Crippen LogP) is 1.20. The van der Waals surface area contributed by atoms with E-state index in [9.17, 15) is 0 Å². The first kappa shape index (κ1) is 11.4. The molecule has 0 unspecified atom stereocenters. The Balaban J connectivity index is 2.17. The maximum atomic E-state index is 5.66. The second kappa shape index (κ2) is 4.52. The number of fused-ring (bicyclic) bond motifs is 1. The normalized spacial score (nSPS) is 10.8. The van der Waals surface area contributed by atoms with Gasteiger partial charge in [0.25, 0.3) is 5.78 Å². The molecule has 0 radical (unpaired) electrons. The highest BCUT2D eigenvalue weighted by molar-refractivity contribution is 5.58. The van der Waals surface area contributed by atoms with Crippen molar-refractivity contribution in [2.45, 2.75) is 6.92 Å². The predicted molar refractivity (Wildman–Crippen MR) is 72.6 cm³/mol. The first-order valence-corrected chi connectivity index (χ1v) is 5.97. The summed E-state index contributed by atoms with van der Waals surface area (Å²) >= 11 is 0. The number of nitrogens with one attached hydrogen (secondary N) is 1. The average molecular weight is 255 g/mol. The van der Waals surface area contributed by atoms with Crippen LogP contribution < -0.4 is 11.1 Å². The third-order valence-electron chi connectivity index (χ3n) is 2.59. The highest BCUT2D eigenvalue weighted by Crippen LogP contribution is 2.17. The van der Waals surface area contributed by atoms with E-state index in [2.05, 4.69) is 25.4 Å². The zero-order valence-corrected chi connectivity index (χ0v) is 10.4. The van der Waals surface area contributed by atoms with Crippen molar-refractivity contribution in [3.8, 4) is 11.4 Å². The van der Waals surface area contributed by atoms with Crippen LogP contribution in [-0.2, 0) is 0 Å². The van der Waals surface area contributed by atoms with E-state index >= 15 is 0 Å². The molecule has 3 aromatic rings. The minimum absolute atomic E-state index is 0.176. The standard InChI is InChI=1S/C12H13N7/c1-2-14-11-16-10(13)17-12-15-9(18-19(11)12)8-6-4-3-5-7-8/h3-7H,2H2,1H3,(H3,13,14,15,16,17,18). The smallest absolute Gasteiger partial charge is 0.259 e. The van der Waals surface area contributed by atoms with Gasteiger partial charge < -0.3 is 11.1 Å². The molecule has 3 N–H and O–H groups in total. The maximum Gasteiger partial charge on any atom is 0.259 e. The Morgan fingerprint density at radius 3 is 2.68 bits per heavy atom. The monoisotopic (exact) mass is 255 g/mol. The van der Waals surface area contributed by atoms with E-state index < -0.39 is 0 Å². The molecule has 0 saturated heterocycles. The molecule has 0 bridgehead atoms. The zero-order valence-electron chi connectivity index (χ0n) is 10.4. The minimum Gasteiger partial charge on any atom is -0.368 e. The highest BCUT2D eigenvalue weighted by Gasteiger charge is 2.11. The van der Waals surface area contributed by atoms with E-state index in [0.29, 0.717) is 24.1 Å². The summed E-state index contributed by atoms with van der Waals surface area (Å²) < 4.78 is 1.56. The van der Waals surface area contributed by atoms with Crippen molar-refractivity contribution in [1.29, 1.82) is 0 Å². The van der Waals surface area contributed by atoms with Crippen molar-refractivity contribution >= 4 is 17.7 Å². The SMILES string of the molecule is CCNc1nc(N)nc2nc(-c3ccccc3)nn12. The molecule has 7 heteroatoms. The van der Waals surface area contributed by atoms with Crippen molar-refractivity contribution in [2.24, 2.45) is 0 Å². The molecule has 0 fully saturated rings. The molecular weight excluding hydrogens is 242 g/mol. The molecule has 2 heterocycles. The summed E-state index contributed by atoms with van der Waals surface area (Å²) in [7, 11) is 0. The number of nitrogens with zero attached hydrogens (tertiary/aromatic N) is 5. The molecule has 0 amide bonds. The number of hydrogen-bond acceptors (Lipinski definition) is 6. The van der Waals surface area contributed by atoms with Crippen molar-refractivity contribution < 1.29 is 0 Å². The fourth-order valence-electron chi connectivity index (χ4n) is 1.78. The van der Waals surface area contributed by atoms with Crippen LogP contribution >= 0.6 is 0 Å². The lowest BCUT2D eigenvalue weighted by molar-refractivity contribution is 0.894. The molecule has 96 valence electrons. The molecule has 0 aliphatic rings. The van der Waals surface area contributed by atoms with Crippen molar-refractivity contribution in [3.63, 3.8) is 0 Å². The fraction of sp³-hybridized carbons (Fsp3) is 0.167. The second-order valence-electron chi connectivity index (χ2n) is 3.95. The van der Waals surface area contributed by atoms with Crippen LogP contribution in [0.5, 0.6) is 0 Å². The number of benzene rings is 1. The molecule has 0 atom stereocenters.